The molecule has 0 N–H and O–H groups in total. The molecule has 0 aliphatic heterocycles. The second kappa shape index (κ2) is 5.96. The van der Waals surface area contributed by atoms with Gasteiger partial charge in [-0.2, -0.15) is 0 Å². The lowest BCUT2D eigenvalue weighted by atomic mass is 9.86. The SMILES string of the molecule is COc1ccc(C(C)(C)C)cc1/C=C/c1ccccc1. The molecule has 0 bridgehead atoms. The molecule has 20 heavy (non-hydrogen) atoms. The van der Waals surface area contributed by atoms with Crippen molar-refractivity contribution < 1.29 is 4.74 Å². The van der Waals surface area contributed by atoms with Crippen LogP contribution in [0, 0.1) is 0 Å². The van der Waals surface area contributed by atoms with Crippen LogP contribution in [-0.2, 0) is 5.41 Å². The highest BCUT2D eigenvalue weighted by molar-refractivity contribution is 5.73. The average molecular weight is 266 g/mol. The van der Waals surface area contributed by atoms with E-state index >= 15 is 0 Å². The van der Waals surface area contributed by atoms with Crippen molar-refractivity contribution in [3.8, 4) is 5.75 Å². The van der Waals surface area contributed by atoms with Crippen LogP contribution < -0.4 is 4.74 Å². The van der Waals surface area contributed by atoms with Gasteiger partial charge in [-0.15, -0.1) is 0 Å². The molecular weight excluding hydrogens is 244 g/mol. The van der Waals surface area contributed by atoms with Crippen molar-refractivity contribution in [3.05, 3.63) is 65.2 Å². The van der Waals surface area contributed by atoms with Crippen LogP contribution in [0.2, 0.25) is 0 Å². The Bertz CT molecular complexity index is 589. The summed E-state index contributed by atoms with van der Waals surface area (Å²) in [5, 5.41) is 0. The first-order valence-electron chi connectivity index (χ1n) is 6.92. The summed E-state index contributed by atoms with van der Waals surface area (Å²) in [5.41, 5.74) is 3.76. The van der Waals surface area contributed by atoms with Crippen molar-refractivity contribution in [1.82, 2.24) is 0 Å². The zero-order valence-corrected chi connectivity index (χ0v) is 12.7. The van der Waals surface area contributed by atoms with Crippen LogP contribution >= 0.6 is 0 Å². The van der Waals surface area contributed by atoms with E-state index < -0.39 is 0 Å². The van der Waals surface area contributed by atoms with E-state index in [0.717, 1.165) is 11.3 Å². The van der Waals surface area contributed by atoms with Gasteiger partial charge < -0.3 is 4.74 Å². The Labute approximate surface area is 121 Å². The topological polar surface area (TPSA) is 9.23 Å². The van der Waals surface area contributed by atoms with Gasteiger partial charge in [0.25, 0.3) is 0 Å². The maximum Gasteiger partial charge on any atom is 0.126 e. The number of ether oxygens (including phenoxy) is 1. The molecule has 0 radical (unpaired) electrons. The molecule has 0 spiro atoms. The molecule has 0 saturated heterocycles. The van der Waals surface area contributed by atoms with Crippen LogP contribution in [0.5, 0.6) is 5.75 Å². The summed E-state index contributed by atoms with van der Waals surface area (Å²) in [6.07, 6.45) is 4.23. The normalized spacial score (nSPS) is 11.8. The minimum atomic E-state index is 0.140. The summed E-state index contributed by atoms with van der Waals surface area (Å²) >= 11 is 0. The first kappa shape index (κ1) is 14.4. The van der Waals surface area contributed by atoms with E-state index in [1.807, 2.05) is 24.3 Å². The molecule has 1 nitrogen and oxygen atoms in total. The highest BCUT2D eigenvalue weighted by atomic mass is 16.5. The molecule has 1 heteroatoms. The minimum Gasteiger partial charge on any atom is -0.496 e. The lowest BCUT2D eigenvalue weighted by Gasteiger charge is -2.20. The molecule has 104 valence electrons. The van der Waals surface area contributed by atoms with Crippen LogP contribution in [-0.4, -0.2) is 7.11 Å². The lowest BCUT2D eigenvalue weighted by Crippen LogP contribution is -2.11. The first-order chi connectivity index (χ1) is 9.50. The molecule has 0 unspecified atom stereocenters. The molecule has 0 heterocycles. The van der Waals surface area contributed by atoms with Crippen molar-refractivity contribution in [3.63, 3.8) is 0 Å². The predicted octanol–water partition coefficient (Wildman–Crippen LogP) is 5.16. The van der Waals surface area contributed by atoms with E-state index in [2.05, 4.69) is 57.2 Å². The summed E-state index contributed by atoms with van der Waals surface area (Å²) in [6.45, 7) is 6.67. The standard InChI is InChI=1S/C19H22O/c1-19(2,3)17-12-13-18(20-4)16(14-17)11-10-15-8-6-5-7-9-15/h5-14H,1-4H3/b11-10+. The highest BCUT2D eigenvalue weighted by Gasteiger charge is 2.14. The Hall–Kier alpha value is -2.02. The molecule has 0 fully saturated rings. The molecule has 0 aliphatic rings. The summed E-state index contributed by atoms with van der Waals surface area (Å²) < 4.78 is 5.45. The van der Waals surface area contributed by atoms with E-state index in [4.69, 9.17) is 4.74 Å². The van der Waals surface area contributed by atoms with E-state index in [-0.39, 0.29) is 5.41 Å². The monoisotopic (exact) mass is 266 g/mol. The van der Waals surface area contributed by atoms with Gasteiger partial charge >= 0.3 is 0 Å². The van der Waals surface area contributed by atoms with Gasteiger partial charge in [0.05, 0.1) is 7.11 Å². The predicted molar refractivity (Wildman–Crippen MR) is 87.1 cm³/mol. The quantitative estimate of drug-likeness (QED) is 0.697. The van der Waals surface area contributed by atoms with E-state index in [9.17, 15) is 0 Å². The molecular formula is C19H22O. The molecule has 0 aliphatic carbocycles. The lowest BCUT2D eigenvalue weighted by molar-refractivity contribution is 0.413. The Morgan fingerprint density at radius 2 is 1.60 bits per heavy atom. The van der Waals surface area contributed by atoms with Crippen LogP contribution in [0.1, 0.15) is 37.5 Å². The largest absolute Gasteiger partial charge is 0.496 e. The third-order valence-electron chi connectivity index (χ3n) is 3.35. The Kier molecular flexibility index (Phi) is 4.29. The van der Waals surface area contributed by atoms with Crippen LogP contribution in [0.25, 0.3) is 12.2 Å². The van der Waals surface area contributed by atoms with Crippen molar-refractivity contribution >= 4 is 12.2 Å². The zero-order valence-electron chi connectivity index (χ0n) is 12.7. The number of hydrogen-bond acceptors (Lipinski definition) is 1. The number of methoxy groups -OCH3 is 1. The molecule has 2 aromatic rings. The van der Waals surface area contributed by atoms with Crippen LogP contribution in [0.15, 0.2) is 48.5 Å². The fourth-order valence-electron chi connectivity index (χ4n) is 2.08. The highest BCUT2D eigenvalue weighted by Crippen LogP contribution is 2.29. The molecule has 0 aromatic heterocycles. The van der Waals surface area contributed by atoms with Gasteiger partial charge in [0, 0.05) is 5.56 Å². The number of benzene rings is 2. The average Bonchev–Trinajstić information content (AvgIpc) is 2.45. The molecule has 0 atom stereocenters. The van der Waals surface area contributed by atoms with E-state index in [1.54, 1.807) is 7.11 Å². The van der Waals surface area contributed by atoms with Gasteiger partial charge in [0.1, 0.15) is 5.75 Å². The van der Waals surface area contributed by atoms with Crippen molar-refractivity contribution in [2.24, 2.45) is 0 Å². The zero-order chi connectivity index (χ0) is 14.6. The van der Waals surface area contributed by atoms with Gasteiger partial charge in [-0.05, 0) is 28.7 Å². The van der Waals surface area contributed by atoms with Gasteiger partial charge in [0.2, 0.25) is 0 Å². The minimum absolute atomic E-state index is 0.140. The summed E-state index contributed by atoms with van der Waals surface area (Å²) in [6, 6.07) is 16.7. The third-order valence-corrected chi connectivity index (χ3v) is 3.35. The molecule has 2 rings (SSSR count). The third kappa shape index (κ3) is 3.51. The maximum absolute atomic E-state index is 5.45. The smallest absolute Gasteiger partial charge is 0.126 e. The Balaban J connectivity index is 2.36. The van der Waals surface area contributed by atoms with E-state index in [0.29, 0.717) is 0 Å². The van der Waals surface area contributed by atoms with Crippen molar-refractivity contribution in [2.45, 2.75) is 26.2 Å². The van der Waals surface area contributed by atoms with Crippen molar-refractivity contribution in [2.75, 3.05) is 7.11 Å². The summed E-state index contributed by atoms with van der Waals surface area (Å²) in [7, 11) is 1.71. The maximum atomic E-state index is 5.45. The second-order valence-corrected chi connectivity index (χ2v) is 5.95. The molecule has 2 aromatic carbocycles. The second-order valence-electron chi connectivity index (χ2n) is 5.95. The van der Waals surface area contributed by atoms with Gasteiger partial charge in [-0.3, -0.25) is 0 Å². The fraction of sp³-hybridized carbons (Fsp3) is 0.263. The fourth-order valence-corrected chi connectivity index (χ4v) is 2.08. The van der Waals surface area contributed by atoms with Crippen molar-refractivity contribution in [1.29, 1.82) is 0 Å². The number of hydrogen-bond donors (Lipinski definition) is 0. The van der Waals surface area contributed by atoms with Crippen LogP contribution in [0.4, 0.5) is 0 Å². The molecule has 0 saturated carbocycles. The van der Waals surface area contributed by atoms with Gasteiger partial charge in [-0.1, -0.05) is 69.3 Å². The van der Waals surface area contributed by atoms with Crippen LogP contribution in [0.3, 0.4) is 0 Å². The summed E-state index contributed by atoms with van der Waals surface area (Å²) in [5.74, 6) is 0.908. The van der Waals surface area contributed by atoms with Gasteiger partial charge in [0.15, 0.2) is 0 Å². The Morgan fingerprint density at radius 1 is 0.900 bits per heavy atom. The van der Waals surface area contributed by atoms with Gasteiger partial charge in [-0.25, -0.2) is 0 Å². The Morgan fingerprint density at radius 3 is 2.20 bits per heavy atom. The summed E-state index contributed by atoms with van der Waals surface area (Å²) in [4.78, 5) is 0. The number of rotatable bonds is 3. The van der Waals surface area contributed by atoms with E-state index in [1.165, 1.54) is 11.1 Å². The molecule has 0 amide bonds. The first-order valence-corrected chi connectivity index (χ1v) is 6.92.